The number of methoxy groups -OCH3 is 1. The van der Waals surface area contributed by atoms with Crippen LogP contribution in [0.15, 0.2) is 36.4 Å². The number of aryl methyl sites for hydroxylation is 1. The average molecular weight is 321 g/mol. The van der Waals surface area contributed by atoms with Crippen LogP contribution in [0.5, 0.6) is 5.75 Å². The van der Waals surface area contributed by atoms with E-state index in [9.17, 15) is 14.9 Å². The lowest BCUT2D eigenvalue weighted by atomic mass is 10.1. The summed E-state index contributed by atoms with van der Waals surface area (Å²) in [5, 5.41) is 13.7. The van der Waals surface area contributed by atoms with Gasteiger partial charge in [0, 0.05) is 12.1 Å². The summed E-state index contributed by atoms with van der Waals surface area (Å²) in [4.78, 5) is 22.6. The molecule has 2 rings (SSSR count). The maximum absolute atomic E-state index is 12.3. The Morgan fingerprint density at radius 3 is 2.59 bits per heavy atom. The first kappa shape index (κ1) is 15.8. The van der Waals surface area contributed by atoms with E-state index in [4.69, 9.17) is 16.3 Å². The molecule has 0 radical (unpaired) electrons. The molecule has 7 heteroatoms. The number of nitro groups is 1. The number of amides is 1. The molecule has 22 heavy (non-hydrogen) atoms. The molecule has 0 saturated heterocycles. The fraction of sp³-hybridized carbons (Fsp3) is 0.133. The first-order chi connectivity index (χ1) is 10.4. The van der Waals surface area contributed by atoms with Gasteiger partial charge in [-0.3, -0.25) is 14.9 Å². The zero-order chi connectivity index (χ0) is 16.3. The van der Waals surface area contributed by atoms with Crippen molar-refractivity contribution >= 4 is 28.9 Å². The summed E-state index contributed by atoms with van der Waals surface area (Å²) in [5.41, 5.74) is 1.26. The number of carbonyl (C=O) groups excluding carboxylic acids is 1. The lowest BCUT2D eigenvalue weighted by Crippen LogP contribution is -2.13. The molecular weight excluding hydrogens is 308 g/mol. The molecule has 1 amide bonds. The molecule has 0 unspecified atom stereocenters. The van der Waals surface area contributed by atoms with E-state index in [2.05, 4.69) is 5.32 Å². The highest BCUT2D eigenvalue weighted by atomic mass is 35.5. The minimum atomic E-state index is -0.548. The van der Waals surface area contributed by atoms with Crippen molar-refractivity contribution in [1.82, 2.24) is 0 Å². The second kappa shape index (κ2) is 6.44. The number of non-ortho nitro benzene ring substituents is 1. The number of nitrogens with one attached hydrogen (secondary N) is 1. The Hall–Kier alpha value is -2.60. The van der Waals surface area contributed by atoms with E-state index in [-0.39, 0.29) is 16.9 Å². The summed E-state index contributed by atoms with van der Waals surface area (Å²) in [5.74, 6) is -0.147. The Morgan fingerprint density at radius 2 is 2.00 bits per heavy atom. The minimum Gasteiger partial charge on any atom is -0.495 e. The van der Waals surface area contributed by atoms with Gasteiger partial charge >= 0.3 is 0 Å². The quantitative estimate of drug-likeness (QED) is 0.686. The van der Waals surface area contributed by atoms with Crippen LogP contribution in [0.1, 0.15) is 15.9 Å². The topological polar surface area (TPSA) is 81.5 Å². The molecule has 0 atom stereocenters. The molecule has 0 aliphatic heterocycles. The van der Waals surface area contributed by atoms with E-state index in [1.54, 1.807) is 18.2 Å². The fourth-order valence-electron chi connectivity index (χ4n) is 1.90. The zero-order valence-electron chi connectivity index (χ0n) is 11.9. The number of nitro benzene ring substituents is 1. The van der Waals surface area contributed by atoms with Crippen molar-refractivity contribution in [3.63, 3.8) is 0 Å². The Bertz CT molecular complexity index is 746. The van der Waals surface area contributed by atoms with Crippen LogP contribution >= 0.6 is 11.6 Å². The third-order valence-electron chi connectivity index (χ3n) is 3.01. The van der Waals surface area contributed by atoms with E-state index in [1.807, 2.05) is 6.92 Å². The molecule has 0 saturated carbocycles. The number of benzene rings is 2. The normalized spacial score (nSPS) is 10.1. The Labute approximate surface area is 131 Å². The molecule has 2 aromatic carbocycles. The van der Waals surface area contributed by atoms with E-state index in [0.717, 1.165) is 5.56 Å². The van der Waals surface area contributed by atoms with Crippen molar-refractivity contribution < 1.29 is 14.5 Å². The first-order valence-corrected chi connectivity index (χ1v) is 6.70. The standard InChI is InChI=1S/C15H13ClN2O4/c1-9-3-5-11(12(16)7-9)15(19)17-13-8-10(18(20)21)4-6-14(13)22-2/h3-8H,1-2H3,(H,17,19). The second-order valence-electron chi connectivity index (χ2n) is 4.58. The van der Waals surface area contributed by atoms with Gasteiger partial charge in [0.2, 0.25) is 0 Å². The molecular formula is C15H13ClN2O4. The molecule has 0 fully saturated rings. The van der Waals surface area contributed by atoms with Gasteiger partial charge in [-0.2, -0.15) is 0 Å². The van der Waals surface area contributed by atoms with Crippen molar-refractivity contribution in [1.29, 1.82) is 0 Å². The lowest BCUT2D eigenvalue weighted by Gasteiger charge is -2.11. The van der Waals surface area contributed by atoms with Crippen LogP contribution in [0.3, 0.4) is 0 Å². The van der Waals surface area contributed by atoms with Crippen LogP contribution < -0.4 is 10.1 Å². The largest absolute Gasteiger partial charge is 0.495 e. The van der Waals surface area contributed by atoms with Crippen LogP contribution in [-0.4, -0.2) is 17.9 Å². The number of carbonyl (C=O) groups is 1. The molecule has 0 aliphatic carbocycles. The predicted molar refractivity (Wildman–Crippen MR) is 83.8 cm³/mol. The maximum atomic E-state index is 12.3. The smallest absolute Gasteiger partial charge is 0.271 e. The van der Waals surface area contributed by atoms with Gasteiger partial charge in [0.25, 0.3) is 11.6 Å². The SMILES string of the molecule is COc1ccc([N+](=O)[O-])cc1NC(=O)c1ccc(C)cc1Cl. The third kappa shape index (κ3) is 3.35. The number of rotatable bonds is 4. The fourth-order valence-corrected chi connectivity index (χ4v) is 2.22. The summed E-state index contributed by atoms with van der Waals surface area (Å²) >= 11 is 6.05. The van der Waals surface area contributed by atoms with Gasteiger partial charge in [-0.15, -0.1) is 0 Å². The number of nitrogens with zero attached hydrogens (tertiary/aromatic N) is 1. The monoisotopic (exact) mass is 320 g/mol. The number of halogens is 1. The van der Waals surface area contributed by atoms with Gasteiger partial charge in [0.15, 0.2) is 0 Å². The number of hydrogen-bond acceptors (Lipinski definition) is 4. The molecule has 0 heterocycles. The maximum Gasteiger partial charge on any atom is 0.271 e. The summed E-state index contributed by atoms with van der Waals surface area (Å²) in [7, 11) is 1.41. The van der Waals surface area contributed by atoms with Gasteiger partial charge in [-0.1, -0.05) is 17.7 Å². The van der Waals surface area contributed by atoms with Crippen molar-refractivity contribution in [2.24, 2.45) is 0 Å². The predicted octanol–water partition coefficient (Wildman–Crippen LogP) is 3.82. The van der Waals surface area contributed by atoms with Crippen LogP contribution in [0.25, 0.3) is 0 Å². The number of anilines is 1. The summed E-state index contributed by atoms with van der Waals surface area (Å²) in [6, 6.07) is 8.97. The zero-order valence-corrected chi connectivity index (χ0v) is 12.7. The van der Waals surface area contributed by atoms with Crippen LogP contribution in [0.2, 0.25) is 5.02 Å². The minimum absolute atomic E-state index is 0.147. The lowest BCUT2D eigenvalue weighted by molar-refractivity contribution is -0.384. The summed E-state index contributed by atoms with van der Waals surface area (Å²) in [6.45, 7) is 1.86. The highest BCUT2D eigenvalue weighted by Crippen LogP contribution is 2.30. The van der Waals surface area contributed by atoms with E-state index < -0.39 is 10.8 Å². The van der Waals surface area contributed by atoms with E-state index >= 15 is 0 Å². The highest BCUT2D eigenvalue weighted by Gasteiger charge is 2.16. The van der Waals surface area contributed by atoms with Gasteiger partial charge in [0.1, 0.15) is 5.75 Å². The van der Waals surface area contributed by atoms with Crippen LogP contribution in [0, 0.1) is 17.0 Å². The van der Waals surface area contributed by atoms with Crippen molar-refractivity contribution in [3.8, 4) is 5.75 Å². The summed E-state index contributed by atoms with van der Waals surface area (Å²) < 4.78 is 5.10. The molecule has 0 spiro atoms. The van der Waals surface area contributed by atoms with Crippen molar-refractivity contribution in [3.05, 3.63) is 62.7 Å². The Balaban J connectivity index is 2.34. The molecule has 114 valence electrons. The van der Waals surface area contributed by atoms with Crippen LogP contribution in [0.4, 0.5) is 11.4 Å². The molecule has 1 N–H and O–H groups in total. The second-order valence-corrected chi connectivity index (χ2v) is 4.99. The average Bonchev–Trinajstić information content (AvgIpc) is 2.46. The van der Waals surface area contributed by atoms with Gasteiger partial charge in [0.05, 0.1) is 28.3 Å². The Kier molecular flexibility index (Phi) is 4.62. The molecule has 2 aromatic rings. The molecule has 0 aliphatic rings. The number of hydrogen-bond donors (Lipinski definition) is 1. The first-order valence-electron chi connectivity index (χ1n) is 6.32. The van der Waals surface area contributed by atoms with Gasteiger partial charge in [-0.05, 0) is 30.7 Å². The van der Waals surface area contributed by atoms with Crippen molar-refractivity contribution in [2.45, 2.75) is 6.92 Å². The molecule has 0 aromatic heterocycles. The Morgan fingerprint density at radius 1 is 1.27 bits per heavy atom. The van der Waals surface area contributed by atoms with Gasteiger partial charge < -0.3 is 10.1 Å². The summed E-state index contributed by atoms with van der Waals surface area (Å²) in [6.07, 6.45) is 0. The molecule has 0 bridgehead atoms. The highest BCUT2D eigenvalue weighted by molar-refractivity contribution is 6.34. The van der Waals surface area contributed by atoms with Gasteiger partial charge in [-0.25, -0.2) is 0 Å². The van der Waals surface area contributed by atoms with Crippen molar-refractivity contribution in [2.75, 3.05) is 12.4 Å². The van der Waals surface area contributed by atoms with E-state index in [0.29, 0.717) is 10.8 Å². The number of ether oxygens (including phenoxy) is 1. The van der Waals surface area contributed by atoms with E-state index in [1.165, 1.54) is 25.3 Å². The van der Waals surface area contributed by atoms with Crippen LogP contribution in [-0.2, 0) is 0 Å². The molecule has 6 nitrogen and oxygen atoms in total. The third-order valence-corrected chi connectivity index (χ3v) is 3.32.